The normalized spacial score (nSPS) is 10.8. The number of carbonyl (C=O) groups excluding carboxylic acids is 1. The van der Waals surface area contributed by atoms with Crippen molar-refractivity contribution >= 4 is 16.7 Å². The lowest BCUT2D eigenvalue weighted by Gasteiger charge is -2.10. The summed E-state index contributed by atoms with van der Waals surface area (Å²) in [6.45, 7) is 1.95. The highest BCUT2D eigenvalue weighted by Gasteiger charge is 2.14. The van der Waals surface area contributed by atoms with Gasteiger partial charge in [0.05, 0.1) is 19.8 Å². The zero-order valence-corrected chi connectivity index (χ0v) is 14.9. The molecule has 0 atom stereocenters. The van der Waals surface area contributed by atoms with Crippen LogP contribution >= 0.6 is 0 Å². The molecule has 3 aromatic rings. The Kier molecular flexibility index (Phi) is 5.08. The van der Waals surface area contributed by atoms with Crippen LogP contribution < -0.4 is 9.47 Å². The summed E-state index contributed by atoms with van der Waals surface area (Å²) in [5.41, 5.74) is 3.94. The number of rotatable bonds is 7. The topological polar surface area (TPSA) is 51.3 Å². The minimum absolute atomic E-state index is 0.123. The van der Waals surface area contributed by atoms with Crippen LogP contribution in [0.1, 0.15) is 34.3 Å². The van der Waals surface area contributed by atoms with Crippen LogP contribution in [0.3, 0.4) is 0 Å². The molecule has 2 aromatic carbocycles. The third-order valence-corrected chi connectivity index (χ3v) is 4.54. The van der Waals surface area contributed by atoms with E-state index in [1.807, 2.05) is 49.5 Å². The van der Waals surface area contributed by atoms with E-state index >= 15 is 0 Å². The van der Waals surface area contributed by atoms with Gasteiger partial charge in [0.15, 0.2) is 5.78 Å². The molecule has 1 N–H and O–H groups in total. The van der Waals surface area contributed by atoms with E-state index in [1.54, 1.807) is 14.2 Å². The van der Waals surface area contributed by atoms with E-state index in [-0.39, 0.29) is 5.78 Å². The molecular weight excluding hydrogens is 314 g/mol. The summed E-state index contributed by atoms with van der Waals surface area (Å²) in [5.74, 6) is 1.65. The second-order valence-electron chi connectivity index (χ2n) is 6.16. The highest BCUT2D eigenvalue weighted by Crippen LogP contribution is 2.27. The van der Waals surface area contributed by atoms with Crippen molar-refractivity contribution in [1.82, 2.24) is 4.98 Å². The Bertz CT molecular complexity index is 895. The fourth-order valence-corrected chi connectivity index (χ4v) is 3.21. The predicted octanol–water partition coefficient (Wildman–Crippen LogP) is 4.70. The van der Waals surface area contributed by atoms with Crippen LogP contribution in [0.25, 0.3) is 10.9 Å². The number of Topliss-reactive ketones (excluding diaryl/α,β-unsaturated/α-hetero) is 1. The van der Waals surface area contributed by atoms with Gasteiger partial charge in [-0.05, 0) is 55.2 Å². The molecule has 0 aliphatic rings. The second-order valence-corrected chi connectivity index (χ2v) is 6.16. The van der Waals surface area contributed by atoms with Crippen molar-refractivity contribution in [3.05, 3.63) is 59.3 Å². The predicted molar refractivity (Wildman–Crippen MR) is 99.9 cm³/mol. The number of methoxy groups -OCH3 is 2. The van der Waals surface area contributed by atoms with Gasteiger partial charge >= 0.3 is 0 Å². The first-order valence-electron chi connectivity index (χ1n) is 8.45. The van der Waals surface area contributed by atoms with Gasteiger partial charge in [0, 0.05) is 23.5 Å². The van der Waals surface area contributed by atoms with Gasteiger partial charge in [-0.2, -0.15) is 0 Å². The number of hydrogen-bond acceptors (Lipinski definition) is 3. The molecule has 0 saturated heterocycles. The Hall–Kier alpha value is -2.75. The van der Waals surface area contributed by atoms with Crippen LogP contribution in [0, 0.1) is 6.92 Å². The maximum Gasteiger partial charge on any atom is 0.166 e. The minimum Gasteiger partial charge on any atom is -0.497 e. The molecule has 0 aliphatic carbocycles. The molecule has 0 radical (unpaired) electrons. The number of para-hydroxylation sites is 1. The summed E-state index contributed by atoms with van der Waals surface area (Å²) in [7, 11) is 3.28. The number of fused-ring (bicyclic) bond motifs is 1. The van der Waals surface area contributed by atoms with Gasteiger partial charge in [0.25, 0.3) is 0 Å². The first-order chi connectivity index (χ1) is 12.1. The fourth-order valence-electron chi connectivity index (χ4n) is 3.21. The van der Waals surface area contributed by atoms with E-state index in [0.717, 1.165) is 35.1 Å². The smallest absolute Gasteiger partial charge is 0.166 e. The number of ketones is 1. The minimum atomic E-state index is 0.123. The summed E-state index contributed by atoms with van der Waals surface area (Å²) in [6, 6.07) is 11.7. The third-order valence-electron chi connectivity index (χ3n) is 4.54. The quantitative estimate of drug-likeness (QED) is 0.636. The van der Waals surface area contributed by atoms with Crippen LogP contribution in [0.2, 0.25) is 0 Å². The Balaban J connectivity index is 1.69. The lowest BCUT2D eigenvalue weighted by atomic mass is 10.00. The molecule has 3 rings (SSSR count). The first-order valence-corrected chi connectivity index (χ1v) is 8.45. The standard InChI is InChI=1S/C21H23NO3/c1-14-6-4-8-17(21(14)25-3)20(23)9-5-7-15-13-22-19-11-10-16(24-2)12-18(15)19/h4,6,8,10-13,22H,5,7,9H2,1-3H3. The van der Waals surface area contributed by atoms with Crippen molar-refractivity contribution in [1.29, 1.82) is 0 Å². The van der Waals surface area contributed by atoms with Crippen molar-refractivity contribution in [3.8, 4) is 11.5 Å². The number of aryl methyl sites for hydroxylation is 2. The Morgan fingerprint density at radius 3 is 2.72 bits per heavy atom. The molecule has 0 fully saturated rings. The molecule has 0 spiro atoms. The fraction of sp³-hybridized carbons (Fsp3) is 0.286. The summed E-state index contributed by atoms with van der Waals surface area (Å²) in [6.07, 6.45) is 4.14. The number of H-pyrrole nitrogens is 1. The number of aromatic nitrogens is 1. The Labute approximate surface area is 147 Å². The number of ether oxygens (including phenoxy) is 2. The molecule has 4 nitrogen and oxygen atoms in total. The van der Waals surface area contributed by atoms with Gasteiger partial charge in [-0.1, -0.05) is 12.1 Å². The van der Waals surface area contributed by atoms with Crippen molar-refractivity contribution in [2.24, 2.45) is 0 Å². The summed E-state index contributed by atoms with van der Waals surface area (Å²) in [4.78, 5) is 15.8. The van der Waals surface area contributed by atoms with E-state index < -0.39 is 0 Å². The van der Waals surface area contributed by atoms with Crippen molar-refractivity contribution in [2.45, 2.75) is 26.2 Å². The SMILES string of the molecule is COc1ccc2[nH]cc(CCCC(=O)c3cccc(C)c3OC)c2c1. The highest BCUT2D eigenvalue weighted by molar-refractivity contribution is 5.99. The zero-order valence-electron chi connectivity index (χ0n) is 14.9. The van der Waals surface area contributed by atoms with Gasteiger partial charge < -0.3 is 14.5 Å². The van der Waals surface area contributed by atoms with E-state index in [1.165, 1.54) is 5.56 Å². The molecular formula is C21H23NO3. The molecule has 0 unspecified atom stereocenters. The van der Waals surface area contributed by atoms with Gasteiger partial charge in [-0.25, -0.2) is 0 Å². The first kappa shape index (κ1) is 17.1. The number of benzene rings is 2. The van der Waals surface area contributed by atoms with Gasteiger partial charge in [0.2, 0.25) is 0 Å². The largest absolute Gasteiger partial charge is 0.497 e. The molecule has 1 aromatic heterocycles. The third kappa shape index (κ3) is 3.53. The molecule has 0 aliphatic heterocycles. The maximum absolute atomic E-state index is 12.6. The lowest BCUT2D eigenvalue weighted by molar-refractivity contribution is 0.0977. The van der Waals surface area contributed by atoms with Gasteiger partial charge in [0.1, 0.15) is 11.5 Å². The summed E-state index contributed by atoms with van der Waals surface area (Å²) >= 11 is 0. The summed E-state index contributed by atoms with van der Waals surface area (Å²) < 4.78 is 10.7. The molecule has 130 valence electrons. The molecule has 25 heavy (non-hydrogen) atoms. The Morgan fingerprint density at radius 1 is 1.12 bits per heavy atom. The van der Waals surface area contributed by atoms with Crippen LogP contribution in [0.5, 0.6) is 11.5 Å². The van der Waals surface area contributed by atoms with Crippen molar-refractivity contribution in [2.75, 3.05) is 14.2 Å². The van der Waals surface area contributed by atoms with Gasteiger partial charge in [-0.3, -0.25) is 4.79 Å². The van der Waals surface area contributed by atoms with Crippen LogP contribution in [0.4, 0.5) is 0 Å². The second kappa shape index (κ2) is 7.43. The van der Waals surface area contributed by atoms with Crippen LogP contribution in [-0.4, -0.2) is 25.0 Å². The average molecular weight is 337 g/mol. The van der Waals surface area contributed by atoms with E-state index in [4.69, 9.17) is 9.47 Å². The van der Waals surface area contributed by atoms with E-state index in [0.29, 0.717) is 17.7 Å². The molecule has 4 heteroatoms. The van der Waals surface area contributed by atoms with Crippen molar-refractivity contribution in [3.63, 3.8) is 0 Å². The van der Waals surface area contributed by atoms with Gasteiger partial charge in [-0.15, -0.1) is 0 Å². The van der Waals surface area contributed by atoms with E-state index in [9.17, 15) is 4.79 Å². The monoisotopic (exact) mass is 337 g/mol. The Morgan fingerprint density at radius 2 is 1.96 bits per heavy atom. The van der Waals surface area contributed by atoms with Crippen molar-refractivity contribution < 1.29 is 14.3 Å². The lowest BCUT2D eigenvalue weighted by Crippen LogP contribution is -2.04. The van der Waals surface area contributed by atoms with Crippen LogP contribution in [0.15, 0.2) is 42.6 Å². The molecule has 0 bridgehead atoms. The zero-order chi connectivity index (χ0) is 17.8. The van der Waals surface area contributed by atoms with E-state index in [2.05, 4.69) is 4.98 Å². The number of nitrogens with one attached hydrogen (secondary N) is 1. The summed E-state index contributed by atoms with van der Waals surface area (Å²) in [5, 5.41) is 1.15. The molecule has 0 saturated carbocycles. The molecule has 1 heterocycles. The highest BCUT2D eigenvalue weighted by atomic mass is 16.5. The number of carbonyl (C=O) groups is 1. The van der Waals surface area contributed by atoms with Crippen LogP contribution in [-0.2, 0) is 6.42 Å². The maximum atomic E-state index is 12.6. The number of hydrogen-bond donors (Lipinski definition) is 1. The molecule has 0 amide bonds. The number of aromatic amines is 1. The average Bonchev–Trinajstić information content (AvgIpc) is 3.03.